The summed E-state index contributed by atoms with van der Waals surface area (Å²) in [6.45, 7) is 0. The number of hydrogen-bond acceptors (Lipinski definition) is 7. The van der Waals surface area contributed by atoms with Crippen LogP contribution >= 0.6 is 11.3 Å². The van der Waals surface area contributed by atoms with Gasteiger partial charge in [0.1, 0.15) is 24.2 Å². The second kappa shape index (κ2) is 18.8. The molecule has 0 fully saturated rings. The molecule has 6 N–H and O–H groups in total. The number of nitrogens with one attached hydrogen (secondary N) is 5. The highest BCUT2D eigenvalue weighted by molar-refractivity contribution is 7.19. The summed E-state index contributed by atoms with van der Waals surface area (Å²) in [5.74, 6) is -5.05. The predicted molar refractivity (Wildman–Crippen MR) is 214 cm³/mol. The maximum atomic E-state index is 14.3. The molecule has 59 heavy (non-hydrogen) atoms. The lowest BCUT2D eigenvalue weighted by Gasteiger charge is -2.26. The van der Waals surface area contributed by atoms with Crippen molar-refractivity contribution in [1.29, 1.82) is 0 Å². The molecular formula is C43H40F3N5O7S. The Morgan fingerprint density at radius 2 is 1.20 bits per heavy atom. The molecule has 5 aromatic rings. The molecule has 2 bridgehead atoms. The number of anilines is 1. The highest BCUT2D eigenvalue weighted by Crippen LogP contribution is 2.29. The molecule has 2 aliphatic heterocycles. The topological polar surface area (TPSA) is 183 Å². The van der Waals surface area contributed by atoms with Gasteiger partial charge in [0.25, 0.3) is 0 Å². The van der Waals surface area contributed by atoms with Crippen LogP contribution in [0.3, 0.4) is 0 Å². The van der Waals surface area contributed by atoms with E-state index in [0.29, 0.717) is 16.8 Å². The standard InChI is InChI=1S/C43H40F3N5O7S/c44-43(45,46)29-14-10-26(11-15-29)21-33-39(54)49-32(20-25-6-2-1-3-7-25)40(55)51-35(42(57)58)22-27-12-16-30(17-13-27)47-37(52)18-19-38(53)48-34(41(56)50-33)24-31-23-28-8-4-5-9-36(28)59-31/h1-17,23,32-35H,18-22,24H2,(H,47,52)(H,48,53)(H,49,54)(H,50,56)(H,51,55)(H,57,58). The zero-order valence-corrected chi connectivity index (χ0v) is 32.2. The SMILES string of the molecule is O=C1CCC(=O)NC(Cc2cc3ccccc3s2)C(=O)NC(Cc2ccc(C(F)(F)F)cc2)C(=O)NC(Cc2ccccc2)C(=O)NC(C(=O)O)Cc2ccc(cc2)N1. The molecule has 2 aliphatic rings. The number of halogens is 3. The van der Waals surface area contributed by atoms with Crippen molar-refractivity contribution in [3.63, 3.8) is 0 Å². The van der Waals surface area contributed by atoms with Crippen molar-refractivity contribution < 1.29 is 47.0 Å². The van der Waals surface area contributed by atoms with Gasteiger partial charge in [-0.15, -0.1) is 11.3 Å². The summed E-state index contributed by atoms with van der Waals surface area (Å²) in [4.78, 5) is 81.8. The molecule has 4 aromatic carbocycles. The van der Waals surface area contributed by atoms with Gasteiger partial charge in [0, 0.05) is 53.8 Å². The summed E-state index contributed by atoms with van der Waals surface area (Å²) < 4.78 is 41.2. The van der Waals surface area contributed by atoms with E-state index in [2.05, 4.69) is 26.6 Å². The first kappa shape index (κ1) is 42.1. The minimum absolute atomic E-state index is 0.0142. The lowest BCUT2D eigenvalue weighted by atomic mass is 10.00. The predicted octanol–water partition coefficient (Wildman–Crippen LogP) is 4.95. The van der Waals surface area contributed by atoms with E-state index >= 15 is 0 Å². The fraction of sp³-hybridized carbons (Fsp3) is 0.256. The van der Waals surface area contributed by atoms with Crippen molar-refractivity contribution in [1.82, 2.24) is 21.3 Å². The van der Waals surface area contributed by atoms with Crippen LogP contribution in [0.15, 0.2) is 109 Å². The summed E-state index contributed by atoms with van der Waals surface area (Å²) in [5.41, 5.74) is 0.810. The molecule has 0 aliphatic carbocycles. The molecule has 16 heteroatoms. The van der Waals surface area contributed by atoms with Crippen LogP contribution in [0.5, 0.6) is 0 Å². The third-order valence-corrected chi connectivity index (χ3v) is 10.8. The van der Waals surface area contributed by atoms with Crippen LogP contribution in [0.1, 0.15) is 40.0 Å². The van der Waals surface area contributed by atoms with E-state index in [-0.39, 0.29) is 44.1 Å². The molecule has 0 radical (unpaired) electrons. The van der Waals surface area contributed by atoms with Crippen LogP contribution in [0.25, 0.3) is 10.1 Å². The Morgan fingerprint density at radius 1 is 0.644 bits per heavy atom. The average Bonchev–Trinajstić information content (AvgIpc) is 3.62. The summed E-state index contributed by atoms with van der Waals surface area (Å²) >= 11 is 1.39. The summed E-state index contributed by atoms with van der Waals surface area (Å²) in [6, 6.07) is 22.6. The van der Waals surface area contributed by atoms with Crippen molar-refractivity contribution in [2.75, 3.05) is 5.32 Å². The minimum atomic E-state index is -4.63. The van der Waals surface area contributed by atoms with E-state index in [1.165, 1.54) is 23.5 Å². The maximum Gasteiger partial charge on any atom is 0.416 e. The Hall–Kier alpha value is -6.55. The quantitative estimate of drug-likeness (QED) is 0.126. The molecule has 0 saturated heterocycles. The average molecular weight is 828 g/mol. The summed E-state index contributed by atoms with van der Waals surface area (Å²) in [5, 5.41) is 24.2. The third-order valence-electron chi connectivity index (χ3n) is 9.67. The van der Waals surface area contributed by atoms with E-state index in [1.54, 1.807) is 54.6 Å². The lowest BCUT2D eigenvalue weighted by Crippen LogP contribution is -2.59. The van der Waals surface area contributed by atoms with Crippen LogP contribution in [0, 0.1) is 0 Å². The number of hydrogen-bond donors (Lipinski definition) is 6. The van der Waals surface area contributed by atoms with Gasteiger partial charge in [-0.05, 0) is 58.5 Å². The molecule has 306 valence electrons. The van der Waals surface area contributed by atoms with Crippen molar-refractivity contribution in [2.45, 2.75) is 68.9 Å². The Kier molecular flexibility index (Phi) is 13.4. The Morgan fingerprint density at radius 3 is 1.81 bits per heavy atom. The number of benzene rings is 4. The van der Waals surface area contributed by atoms with Gasteiger partial charge in [-0.25, -0.2) is 4.79 Å². The number of aliphatic carboxylic acids is 1. The molecule has 3 heterocycles. The second-order valence-corrected chi connectivity index (χ2v) is 15.3. The van der Waals surface area contributed by atoms with Gasteiger partial charge >= 0.3 is 12.1 Å². The van der Waals surface area contributed by atoms with Gasteiger partial charge in [-0.1, -0.05) is 72.8 Å². The number of carbonyl (C=O) groups is 6. The number of carboxylic acids is 1. The van der Waals surface area contributed by atoms with E-state index in [4.69, 9.17) is 0 Å². The van der Waals surface area contributed by atoms with Crippen molar-refractivity contribution >= 4 is 62.6 Å². The highest BCUT2D eigenvalue weighted by Gasteiger charge is 2.34. The maximum absolute atomic E-state index is 14.3. The molecule has 4 atom stereocenters. The van der Waals surface area contributed by atoms with Crippen LogP contribution in [0.2, 0.25) is 0 Å². The first-order chi connectivity index (χ1) is 28.2. The largest absolute Gasteiger partial charge is 0.480 e. The number of alkyl halides is 3. The third kappa shape index (κ3) is 11.8. The second-order valence-electron chi connectivity index (χ2n) is 14.1. The fourth-order valence-electron chi connectivity index (χ4n) is 6.58. The first-order valence-corrected chi connectivity index (χ1v) is 19.5. The zero-order chi connectivity index (χ0) is 42.1. The molecule has 7 rings (SSSR count). The number of carbonyl (C=O) groups excluding carboxylic acids is 5. The van der Waals surface area contributed by atoms with Crippen LogP contribution < -0.4 is 26.6 Å². The summed E-state index contributed by atoms with van der Waals surface area (Å²) in [7, 11) is 0. The first-order valence-electron chi connectivity index (χ1n) is 18.7. The van der Waals surface area contributed by atoms with Crippen molar-refractivity contribution in [3.8, 4) is 0 Å². The van der Waals surface area contributed by atoms with Crippen LogP contribution in [-0.2, 0) is 60.6 Å². The van der Waals surface area contributed by atoms with Gasteiger partial charge in [0.15, 0.2) is 0 Å². The number of fused-ring (bicyclic) bond motifs is 19. The van der Waals surface area contributed by atoms with Gasteiger partial charge in [0.05, 0.1) is 5.56 Å². The fourth-order valence-corrected chi connectivity index (χ4v) is 7.69. The Bertz CT molecular complexity index is 2290. The number of rotatable bonds is 7. The Labute approximate surface area is 340 Å². The van der Waals surface area contributed by atoms with E-state index in [0.717, 1.165) is 27.1 Å². The van der Waals surface area contributed by atoms with Gasteiger partial charge in [-0.3, -0.25) is 24.0 Å². The molecule has 1 aromatic heterocycles. The van der Waals surface area contributed by atoms with Gasteiger partial charge in [0.2, 0.25) is 29.5 Å². The normalized spacial score (nSPS) is 20.1. The number of thiophene rings is 1. The Balaban J connectivity index is 1.36. The zero-order valence-electron chi connectivity index (χ0n) is 31.4. The van der Waals surface area contributed by atoms with Gasteiger partial charge in [-0.2, -0.15) is 13.2 Å². The highest BCUT2D eigenvalue weighted by atomic mass is 32.1. The van der Waals surface area contributed by atoms with Crippen molar-refractivity contribution in [3.05, 3.63) is 136 Å². The smallest absolute Gasteiger partial charge is 0.416 e. The minimum Gasteiger partial charge on any atom is -0.480 e. The molecule has 5 amide bonds. The summed E-state index contributed by atoms with van der Waals surface area (Å²) in [6.07, 6.45) is -5.77. The lowest BCUT2D eigenvalue weighted by molar-refractivity contribution is -0.142. The van der Waals surface area contributed by atoms with E-state index in [9.17, 15) is 47.0 Å². The van der Waals surface area contributed by atoms with E-state index in [1.807, 2.05) is 30.3 Å². The van der Waals surface area contributed by atoms with Crippen molar-refractivity contribution in [2.24, 2.45) is 0 Å². The molecule has 12 nitrogen and oxygen atoms in total. The van der Waals surface area contributed by atoms with E-state index < -0.39 is 71.4 Å². The van der Waals surface area contributed by atoms with Crippen LogP contribution in [-0.4, -0.2) is 64.8 Å². The number of carboxylic acid groups (broad SMARTS) is 1. The molecule has 4 unspecified atom stereocenters. The van der Waals surface area contributed by atoms with Crippen LogP contribution in [0.4, 0.5) is 18.9 Å². The monoisotopic (exact) mass is 827 g/mol. The molecule has 0 saturated carbocycles. The van der Waals surface area contributed by atoms with Gasteiger partial charge < -0.3 is 31.7 Å². The number of amides is 5. The molecule has 0 spiro atoms. The molecular weight excluding hydrogens is 788 g/mol.